The van der Waals surface area contributed by atoms with Gasteiger partial charge in [0.25, 0.3) is 5.54 Å². The maximum atomic E-state index is 14.0. The predicted octanol–water partition coefficient (Wildman–Crippen LogP) is 8.82. The van der Waals surface area contributed by atoms with Gasteiger partial charge in [0.1, 0.15) is 11.3 Å². The van der Waals surface area contributed by atoms with Crippen molar-refractivity contribution in [2.24, 2.45) is 0 Å². The molecule has 9 rings (SSSR count). The van der Waals surface area contributed by atoms with Crippen LogP contribution >= 0.6 is 58.2 Å². The summed E-state index contributed by atoms with van der Waals surface area (Å²) < 4.78 is 5.99. The molecule has 7 nitrogen and oxygen atoms in total. The number of rotatable bonds is 2. The van der Waals surface area contributed by atoms with Gasteiger partial charge in [-0.25, -0.2) is 9.97 Å². The third-order valence-electron chi connectivity index (χ3n) is 9.66. The number of hydrogen-bond acceptors (Lipinski definition) is 7. The van der Waals surface area contributed by atoms with Gasteiger partial charge in [-0.1, -0.05) is 113 Å². The van der Waals surface area contributed by atoms with E-state index in [2.05, 4.69) is 17.0 Å². The summed E-state index contributed by atoms with van der Waals surface area (Å²) in [6.45, 7) is 0. The van der Waals surface area contributed by atoms with Crippen molar-refractivity contribution in [3.63, 3.8) is 0 Å². The molecule has 5 aromatic rings. The van der Waals surface area contributed by atoms with Crippen LogP contribution in [0.15, 0.2) is 97.1 Å². The van der Waals surface area contributed by atoms with Crippen LogP contribution in [0, 0.1) is 10.1 Å². The Bertz CT molecular complexity index is 2010. The lowest BCUT2D eigenvalue weighted by Gasteiger charge is -2.45. The zero-order chi connectivity index (χ0) is 31.8. The Morgan fingerprint density at radius 2 is 1.57 bits per heavy atom. The second-order valence-electron chi connectivity index (χ2n) is 11.6. The van der Waals surface area contributed by atoms with Crippen LogP contribution < -0.4 is 4.74 Å². The number of hydrogen-bond donors (Lipinski definition) is 0. The van der Waals surface area contributed by atoms with Crippen molar-refractivity contribution in [2.45, 2.75) is 33.4 Å². The number of fused-ring (bicyclic) bond motifs is 13. The number of nitrogens with zero attached hydrogens (tertiary/aromatic N) is 4. The number of alkyl halides is 3. The van der Waals surface area contributed by atoms with Gasteiger partial charge in [-0.2, -0.15) is 0 Å². The lowest BCUT2D eigenvalue weighted by molar-refractivity contribution is -0.590. The quantitative estimate of drug-likeness (QED) is 0.103. The fourth-order valence-electron chi connectivity index (χ4n) is 8.20. The van der Waals surface area contributed by atoms with Crippen LogP contribution in [0.2, 0.25) is 5.02 Å². The minimum Gasteiger partial charge on any atom is -0.478 e. The van der Waals surface area contributed by atoms with E-state index in [1.807, 2.05) is 72.8 Å². The molecule has 232 valence electrons. The smallest absolute Gasteiger partial charge is 0.287 e. The van der Waals surface area contributed by atoms with Gasteiger partial charge < -0.3 is 4.74 Å². The maximum Gasteiger partial charge on any atom is 0.287 e. The van der Waals surface area contributed by atoms with Crippen molar-refractivity contribution in [1.29, 1.82) is 0 Å². The second-order valence-corrected chi connectivity index (χ2v) is 15.0. The molecule has 0 amide bonds. The third-order valence-corrected chi connectivity index (χ3v) is 10.9. The Hall–Kier alpha value is -3.11. The highest BCUT2D eigenvalue weighted by Gasteiger charge is 2.82. The molecule has 1 aromatic heterocycles. The Labute approximate surface area is 288 Å². The van der Waals surface area contributed by atoms with Crippen molar-refractivity contribution in [2.75, 3.05) is 11.6 Å². The largest absolute Gasteiger partial charge is 0.478 e. The first-order valence-electron chi connectivity index (χ1n) is 14.6. The molecule has 3 aliphatic heterocycles. The van der Waals surface area contributed by atoms with Gasteiger partial charge in [0.15, 0.2) is 10.4 Å². The van der Waals surface area contributed by atoms with Gasteiger partial charge in [0, 0.05) is 32.7 Å². The van der Waals surface area contributed by atoms with E-state index >= 15 is 0 Å². The van der Waals surface area contributed by atoms with Gasteiger partial charge in [-0.05, 0) is 41.5 Å². The summed E-state index contributed by atoms with van der Waals surface area (Å²) in [5.74, 6) is 1.30. The number of nitro groups is 1. The first-order chi connectivity index (χ1) is 22.3. The first kappa shape index (κ1) is 30.2. The molecule has 4 aromatic carbocycles. The minimum atomic E-state index is -1.52. The Morgan fingerprint density at radius 3 is 2.30 bits per heavy atom. The Balaban J connectivity index is 0.000000740. The molecular weight excluding hydrogens is 686 g/mol. The van der Waals surface area contributed by atoms with E-state index in [9.17, 15) is 10.1 Å². The van der Waals surface area contributed by atoms with E-state index < -0.39 is 33.4 Å². The summed E-state index contributed by atoms with van der Waals surface area (Å²) in [6, 6.07) is 30.8. The lowest BCUT2D eigenvalue weighted by Crippen LogP contribution is -2.59. The predicted molar refractivity (Wildman–Crippen MR) is 184 cm³/mol. The molecule has 0 unspecified atom stereocenters. The van der Waals surface area contributed by atoms with Crippen LogP contribution in [0.3, 0.4) is 0 Å². The van der Waals surface area contributed by atoms with E-state index in [-0.39, 0.29) is 4.92 Å². The highest BCUT2D eigenvalue weighted by atomic mass is 35.6. The van der Waals surface area contributed by atoms with Crippen molar-refractivity contribution in [3.8, 4) is 17.0 Å². The molecule has 1 aliphatic carbocycles. The van der Waals surface area contributed by atoms with Crippen molar-refractivity contribution < 1.29 is 9.66 Å². The molecule has 0 saturated carbocycles. The summed E-state index contributed by atoms with van der Waals surface area (Å²) in [7, 11) is 0. The number of para-hydroxylation sites is 3. The fourth-order valence-corrected chi connectivity index (χ4v) is 9.68. The van der Waals surface area contributed by atoms with Crippen LogP contribution in [0.4, 0.5) is 0 Å². The summed E-state index contributed by atoms with van der Waals surface area (Å²) in [4.78, 5) is 26.8. The Morgan fingerprint density at radius 1 is 0.913 bits per heavy atom. The van der Waals surface area contributed by atoms with Crippen LogP contribution in [-0.4, -0.2) is 47.3 Å². The van der Waals surface area contributed by atoms with Crippen LogP contribution in [0.25, 0.3) is 22.3 Å². The SMILES string of the molecule is ClC(Cl)Cl.O=[N+]([O-])[C@]12[C@H](c3ccc(Cl)cc3)Oc3ccccc3[C@H]1[C@]1(c3ccccc3-c3nc4ccccc4nc31)N1CSC[C@@H]12. The zero-order valence-corrected chi connectivity index (χ0v) is 27.7. The molecule has 0 radical (unpaired) electrons. The zero-order valence-electron chi connectivity index (χ0n) is 23.9. The van der Waals surface area contributed by atoms with Gasteiger partial charge in [0.05, 0.1) is 34.4 Å². The molecule has 2 fully saturated rings. The van der Waals surface area contributed by atoms with Gasteiger partial charge in [-0.3, -0.25) is 15.0 Å². The van der Waals surface area contributed by atoms with Crippen LogP contribution in [0.1, 0.15) is 34.4 Å². The minimum absolute atomic E-state index is 0.0414. The topological polar surface area (TPSA) is 81.4 Å². The monoisotopic (exact) mass is 708 g/mol. The molecule has 46 heavy (non-hydrogen) atoms. The number of halogens is 4. The molecule has 4 aliphatic rings. The molecule has 2 saturated heterocycles. The number of ether oxygens (including phenoxy) is 1. The highest BCUT2D eigenvalue weighted by molar-refractivity contribution is 7.99. The van der Waals surface area contributed by atoms with Crippen molar-refractivity contribution in [3.05, 3.63) is 135 Å². The normalized spacial score (nSPS) is 26.8. The molecule has 0 bridgehead atoms. The molecule has 1 spiro atoms. The summed E-state index contributed by atoms with van der Waals surface area (Å²) >= 11 is 22.4. The summed E-state index contributed by atoms with van der Waals surface area (Å²) in [6.07, 6.45) is -0.847. The van der Waals surface area contributed by atoms with Crippen molar-refractivity contribution in [1.82, 2.24) is 14.9 Å². The molecule has 0 N–H and O–H groups in total. The van der Waals surface area contributed by atoms with Gasteiger partial charge in [-0.15, -0.1) is 11.8 Å². The van der Waals surface area contributed by atoms with E-state index in [1.54, 1.807) is 23.9 Å². The molecule has 4 heterocycles. The first-order valence-corrected chi connectivity index (χ1v) is 17.4. The average molecular weight is 710 g/mol. The Kier molecular flexibility index (Phi) is 7.40. The van der Waals surface area contributed by atoms with Crippen molar-refractivity contribution >= 4 is 69.2 Å². The number of benzene rings is 4. The summed E-state index contributed by atoms with van der Waals surface area (Å²) in [5.41, 5.74) is 4.29. The van der Waals surface area contributed by atoms with E-state index in [0.717, 1.165) is 44.7 Å². The van der Waals surface area contributed by atoms with Crippen LogP contribution in [0.5, 0.6) is 5.75 Å². The van der Waals surface area contributed by atoms with E-state index in [1.165, 1.54) is 0 Å². The second kappa shape index (κ2) is 11.3. The lowest BCUT2D eigenvalue weighted by atomic mass is 9.63. The van der Waals surface area contributed by atoms with E-state index in [4.69, 9.17) is 61.1 Å². The average Bonchev–Trinajstić information content (AvgIpc) is 3.72. The molecule has 5 atom stereocenters. The number of thioether (sulfide) groups is 1. The highest BCUT2D eigenvalue weighted by Crippen LogP contribution is 2.72. The third kappa shape index (κ3) is 4.11. The standard InChI is InChI=1S/C33H23ClN4O3S.CHCl3/c34-20-15-13-19(14-16-20)31-33(38(39)40)27-17-42-18-37(27)32(29(33)22-8-2-6-12-26(22)41-31)23-9-3-1-7-21(23)28-30(32)36-25-11-5-4-10-24(25)35-28;2-1(3)4/h1-16,27,29,31H,17-18H2;1H/t27-,29+,31+,32+,33+;/m1./s1. The number of aromatic nitrogens is 2. The molecular formula is C34H24Cl4N4O3S. The van der Waals surface area contributed by atoms with Gasteiger partial charge in [0.2, 0.25) is 0 Å². The molecule has 12 heteroatoms. The fraction of sp³-hybridized carbons (Fsp3) is 0.235. The summed E-state index contributed by atoms with van der Waals surface area (Å²) in [5, 5.41) is 14.5. The maximum absolute atomic E-state index is 14.0. The van der Waals surface area contributed by atoms with Crippen LogP contribution in [-0.2, 0) is 5.54 Å². The van der Waals surface area contributed by atoms with E-state index in [0.29, 0.717) is 22.4 Å². The van der Waals surface area contributed by atoms with Gasteiger partial charge >= 0.3 is 0 Å².